The van der Waals surface area contributed by atoms with Gasteiger partial charge in [-0.3, -0.25) is 0 Å². The molecule has 0 amide bonds. The lowest BCUT2D eigenvalue weighted by atomic mass is 10.3. The van der Waals surface area contributed by atoms with Gasteiger partial charge in [0.25, 0.3) is 0 Å². The first kappa shape index (κ1) is 10.1. The molecular weight excluding hydrogens is 158 g/mol. The highest BCUT2D eigenvalue weighted by Crippen LogP contribution is 1.93. The van der Waals surface area contributed by atoms with Gasteiger partial charge in [-0.1, -0.05) is 12.7 Å². The van der Waals surface area contributed by atoms with Crippen molar-refractivity contribution in [3.63, 3.8) is 0 Å². The van der Waals surface area contributed by atoms with Gasteiger partial charge in [0.05, 0.1) is 0 Å². The molecule has 0 fully saturated rings. The fraction of sp³-hybridized carbons (Fsp3) is 0.125. The molecule has 0 N–H and O–H groups in total. The van der Waals surface area contributed by atoms with Gasteiger partial charge in [-0.25, -0.2) is 9.59 Å². The summed E-state index contributed by atoms with van der Waals surface area (Å²) in [7, 11) is 0. The average molecular weight is 165 g/mol. The Labute approximate surface area is 69.7 Å². The molecule has 0 unspecified atom stereocenters. The second kappa shape index (κ2) is 4.85. The third kappa shape index (κ3) is 3.32. The lowest BCUT2D eigenvalue weighted by molar-refractivity contribution is -0.152. The molecule has 0 aliphatic rings. The SMILES string of the molecule is C=C(C#N)C(=O)OC(=O)/C=C/C. The van der Waals surface area contributed by atoms with E-state index in [1.165, 1.54) is 12.1 Å². The van der Waals surface area contributed by atoms with Gasteiger partial charge in [0.1, 0.15) is 11.6 Å². The molecule has 0 aromatic carbocycles. The average Bonchev–Trinajstić information content (AvgIpc) is 2.03. The molecule has 12 heavy (non-hydrogen) atoms. The summed E-state index contributed by atoms with van der Waals surface area (Å²) in [6.45, 7) is 4.68. The Hall–Kier alpha value is -1.89. The van der Waals surface area contributed by atoms with Gasteiger partial charge in [0.2, 0.25) is 0 Å². The molecule has 62 valence electrons. The first-order valence-corrected chi connectivity index (χ1v) is 3.09. The van der Waals surface area contributed by atoms with Crippen LogP contribution in [0.3, 0.4) is 0 Å². The predicted molar refractivity (Wildman–Crippen MR) is 40.7 cm³/mol. The van der Waals surface area contributed by atoms with Crippen LogP contribution < -0.4 is 0 Å². The third-order valence-electron chi connectivity index (χ3n) is 0.877. The second-order valence-electron chi connectivity index (χ2n) is 1.80. The Morgan fingerprint density at radius 1 is 1.58 bits per heavy atom. The molecule has 0 rings (SSSR count). The minimum atomic E-state index is -1.01. The van der Waals surface area contributed by atoms with Crippen molar-refractivity contribution in [2.24, 2.45) is 0 Å². The molecule has 4 heteroatoms. The van der Waals surface area contributed by atoms with Crippen LogP contribution in [0.15, 0.2) is 24.3 Å². The highest BCUT2D eigenvalue weighted by Gasteiger charge is 2.10. The molecular formula is C8H7NO3. The first-order valence-electron chi connectivity index (χ1n) is 3.09. The maximum absolute atomic E-state index is 10.7. The van der Waals surface area contributed by atoms with E-state index in [0.29, 0.717) is 0 Å². The van der Waals surface area contributed by atoms with E-state index in [2.05, 4.69) is 11.3 Å². The van der Waals surface area contributed by atoms with Gasteiger partial charge >= 0.3 is 11.9 Å². The molecule has 0 aromatic rings. The Morgan fingerprint density at radius 3 is 2.58 bits per heavy atom. The van der Waals surface area contributed by atoms with Gasteiger partial charge in [-0.15, -0.1) is 0 Å². The summed E-state index contributed by atoms with van der Waals surface area (Å²) in [5.41, 5.74) is -0.396. The van der Waals surface area contributed by atoms with Crippen molar-refractivity contribution in [1.29, 1.82) is 5.26 Å². The lowest BCUT2D eigenvalue weighted by Crippen LogP contribution is -2.10. The van der Waals surface area contributed by atoms with E-state index in [-0.39, 0.29) is 0 Å². The van der Waals surface area contributed by atoms with Crippen molar-refractivity contribution in [2.75, 3.05) is 0 Å². The number of nitriles is 1. The maximum Gasteiger partial charge on any atom is 0.356 e. The first-order chi connectivity index (χ1) is 5.61. The highest BCUT2D eigenvalue weighted by molar-refractivity contribution is 6.01. The van der Waals surface area contributed by atoms with Gasteiger partial charge < -0.3 is 4.74 Å². The van der Waals surface area contributed by atoms with Crippen LogP contribution in [0.4, 0.5) is 0 Å². The minimum absolute atomic E-state index is 0.396. The summed E-state index contributed by atoms with van der Waals surface area (Å²) in [5, 5.41) is 8.17. The zero-order valence-corrected chi connectivity index (χ0v) is 6.53. The van der Waals surface area contributed by atoms with Crippen LogP contribution >= 0.6 is 0 Å². The summed E-state index contributed by atoms with van der Waals surface area (Å²) >= 11 is 0. The lowest BCUT2D eigenvalue weighted by Gasteiger charge is -1.94. The van der Waals surface area contributed by atoms with Crippen LogP contribution in [0, 0.1) is 11.3 Å². The number of esters is 2. The Morgan fingerprint density at radius 2 is 2.17 bits per heavy atom. The number of ether oxygens (including phenoxy) is 1. The molecule has 0 aliphatic heterocycles. The number of carbonyl (C=O) groups is 2. The Kier molecular flexibility index (Phi) is 4.09. The number of allylic oxidation sites excluding steroid dienone is 1. The van der Waals surface area contributed by atoms with Gasteiger partial charge in [0, 0.05) is 6.08 Å². The largest absolute Gasteiger partial charge is 0.386 e. The molecule has 0 saturated heterocycles. The Bertz CT molecular complexity index is 283. The van der Waals surface area contributed by atoms with E-state index in [1.807, 2.05) is 0 Å². The fourth-order valence-electron chi connectivity index (χ4n) is 0.369. The smallest absolute Gasteiger partial charge is 0.356 e. The van der Waals surface area contributed by atoms with Crippen LogP contribution in [-0.4, -0.2) is 11.9 Å². The van der Waals surface area contributed by atoms with E-state index >= 15 is 0 Å². The van der Waals surface area contributed by atoms with Gasteiger partial charge in [-0.05, 0) is 6.92 Å². The van der Waals surface area contributed by atoms with Crippen LogP contribution in [0.2, 0.25) is 0 Å². The predicted octanol–water partition coefficient (Wildman–Crippen LogP) is 0.712. The van der Waals surface area contributed by atoms with Crippen LogP contribution in [-0.2, 0) is 14.3 Å². The summed E-state index contributed by atoms with van der Waals surface area (Å²) in [4.78, 5) is 21.3. The van der Waals surface area contributed by atoms with E-state index in [4.69, 9.17) is 5.26 Å². The van der Waals surface area contributed by atoms with Crippen LogP contribution in [0.1, 0.15) is 6.92 Å². The van der Waals surface area contributed by atoms with E-state index in [9.17, 15) is 9.59 Å². The van der Waals surface area contributed by atoms with E-state index < -0.39 is 17.5 Å². The number of hydrogen-bond donors (Lipinski definition) is 0. The van der Waals surface area contributed by atoms with Gasteiger partial charge in [0.15, 0.2) is 0 Å². The highest BCUT2D eigenvalue weighted by atomic mass is 16.6. The van der Waals surface area contributed by atoms with Crippen LogP contribution in [0.25, 0.3) is 0 Å². The monoisotopic (exact) mass is 165 g/mol. The van der Waals surface area contributed by atoms with Crippen molar-refractivity contribution in [1.82, 2.24) is 0 Å². The molecule has 0 aliphatic carbocycles. The molecule has 0 aromatic heterocycles. The normalized spacial score (nSPS) is 9.00. The van der Waals surface area contributed by atoms with Crippen LogP contribution in [0.5, 0.6) is 0 Å². The number of carbonyl (C=O) groups excluding carboxylic acids is 2. The molecule has 0 spiro atoms. The molecule has 4 nitrogen and oxygen atoms in total. The Balaban J connectivity index is 4.13. The molecule has 0 bridgehead atoms. The molecule has 0 heterocycles. The van der Waals surface area contributed by atoms with Crippen molar-refractivity contribution in [3.8, 4) is 6.07 Å². The quantitative estimate of drug-likeness (QED) is 0.261. The zero-order chi connectivity index (χ0) is 9.56. The van der Waals surface area contributed by atoms with Crippen molar-refractivity contribution in [2.45, 2.75) is 6.92 Å². The molecule has 0 saturated carbocycles. The van der Waals surface area contributed by atoms with Gasteiger partial charge in [-0.2, -0.15) is 5.26 Å². The zero-order valence-electron chi connectivity index (χ0n) is 6.53. The number of nitrogens with zero attached hydrogens (tertiary/aromatic N) is 1. The summed E-state index contributed by atoms with van der Waals surface area (Å²) in [5.74, 6) is -1.82. The summed E-state index contributed by atoms with van der Waals surface area (Å²) in [6.07, 6.45) is 2.49. The fourth-order valence-corrected chi connectivity index (χ4v) is 0.369. The van der Waals surface area contributed by atoms with Crippen molar-refractivity contribution < 1.29 is 14.3 Å². The van der Waals surface area contributed by atoms with E-state index in [0.717, 1.165) is 6.08 Å². The minimum Gasteiger partial charge on any atom is -0.386 e. The standard InChI is InChI=1S/C8H7NO3/c1-3-4-7(10)12-8(11)6(2)5-9/h3-4H,2H2,1H3/b4-3+. The van der Waals surface area contributed by atoms with Crippen molar-refractivity contribution >= 4 is 11.9 Å². The second-order valence-corrected chi connectivity index (χ2v) is 1.80. The number of hydrogen-bond acceptors (Lipinski definition) is 4. The number of rotatable bonds is 2. The third-order valence-corrected chi connectivity index (χ3v) is 0.877. The maximum atomic E-state index is 10.7. The summed E-state index contributed by atoms with van der Waals surface area (Å²) in [6, 6.07) is 1.47. The topological polar surface area (TPSA) is 67.2 Å². The van der Waals surface area contributed by atoms with E-state index in [1.54, 1.807) is 6.92 Å². The van der Waals surface area contributed by atoms with Crippen molar-refractivity contribution in [3.05, 3.63) is 24.3 Å². The molecule has 0 radical (unpaired) electrons. The molecule has 0 atom stereocenters. The summed E-state index contributed by atoms with van der Waals surface area (Å²) < 4.78 is 4.16.